The zero-order valence-corrected chi connectivity index (χ0v) is 14.5. The summed E-state index contributed by atoms with van der Waals surface area (Å²) in [6.07, 6.45) is 14.4. The van der Waals surface area contributed by atoms with Gasteiger partial charge in [0, 0.05) is 0 Å². The summed E-state index contributed by atoms with van der Waals surface area (Å²) in [5.41, 5.74) is 4.85. The van der Waals surface area contributed by atoms with Crippen molar-refractivity contribution in [3.05, 3.63) is 0 Å². The van der Waals surface area contributed by atoms with Gasteiger partial charge >= 0.3 is 0 Å². The molecule has 3 nitrogen and oxygen atoms in total. The molecule has 3 N–H and O–H groups in total. The highest BCUT2D eigenvalue weighted by molar-refractivity contribution is 4.49. The van der Waals surface area contributed by atoms with E-state index in [1.807, 2.05) is 6.92 Å². The Kier molecular flexibility index (Phi) is 20.9. The van der Waals surface area contributed by atoms with Crippen LogP contribution in [0.3, 0.4) is 0 Å². The predicted octanol–water partition coefficient (Wildman–Crippen LogP) is 4.14. The van der Waals surface area contributed by atoms with Gasteiger partial charge in [-0.3, -0.25) is 0 Å². The summed E-state index contributed by atoms with van der Waals surface area (Å²) < 4.78 is 0. The first-order valence-electron chi connectivity index (χ1n) is 8.62. The van der Waals surface area contributed by atoms with E-state index in [1.165, 1.54) is 70.8 Å². The smallest absolute Gasteiger partial charge is 0.102 e. The molecule has 0 fully saturated rings. The number of unbranched alkanes of at least 4 members (excludes halogenated alkanes) is 9. The number of nitrogens with two attached hydrogens (primary N) is 1. The van der Waals surface area contributed by atoms with Crippen LogP contribution >= 0.6 is 0 Å². The minimum atomic E-state index is -0.616. The molecule has 0 saturated heterocycles. The molecule has 0 aromatic rings. The molecule has 20 heavy (non-hydrogen) atoms. The highest BCUT2D eigenvalue weighted by Gasteiger charge is 1.93. The SMILES string of the molecule is CCC(N)O.CCCCCCCCCCCCN(C)C. The molecule has 1 atom stereocenters. The van der Waals surface area contributed by atoms with Crippen LogP contribution in [0.15, 0.2) is 0 Å². The maximum absolute atomic E-state index is 8.14. The largest absolute Gasteiger partial charge is 0.379 e. The second kappa shape index (κ2) is 18.9. The van der Waals surface area contributed by atoms with Gasteiger partial charge in [-0.2, -0.15) is 0 Å². The van der Waals surface area contributed by atoms with E-state index in [0.717, 1.165) is 0 Å². The van der Waals surface area contributed by atoms with Crippen LogP contribution in [0.1, 0.15) is 84.5 Å². The van der Waals surface area contributed by atoms with Crippen LogP contribution in [0.2, 0.25) is 0 Å². The van der Waals surface area contributed by atoms with Gasteiger partial charge < -0.3 is 15.7 Å². The van der Waals surface area contributed by atoms with Crippen LogP contribution in [0.4, 0.5) is 0 Å². The zero-order chi connectivity index (χ0) is 15.6. The Labute approximate surface area is 127 Å². The van der Waals surface area contributed by atoms with Crippen molar-refractivity contribution in [3.63, 3.8) is 0 Å². The summed E-state index contributed by atoms with van der Waals surface area (Å²) >= 11 is 0. The minimum absolute atomic E-state index is 0.616. The average molecular weight is 289 g/mol. The van der Waals surface area contributed by atoms with E-state index in [-0.39, 0.29) is 0 Å². The van der Waals surface area contributed by atoms with Crippen molar-refractivity contribution >= 4 is 0 Å². The van der Waals surface area contributed by atoms with Gasteiger partial charge in [0.25, 0.3) is 0 Å². The summed E-state index contributed by atoms with van der Waals surface area (Å²) in [6.45, 7) is 5.37. The molecule has 1 unspecified atom stereocenters. The second-order valence-electron chi connectivity index (χ2n) is 5.96. The fraction of sp³-hybridized carbons (Fsp3) is 1.00. The summed E-state index contributed by atoms with van der Waals surface area (Å²) in [4.78, 5) is 2.28. The van der Waals surface area contributed by atoms with E-state index >= 15 is 0 Å². The number of aliphatic hydroxyl groups excluding tert-OH is 1. The average Bonchev–Trinajstić information content (AvgIpc) is 2.41. The lowest BCUT2D eigenvalue weighted by molar-refractivity contribution is 0.178. The molecule has 0 bridgehead atoms. The molecule has 0 aliphatic heterocycles. The van der Waals surface area contributed by atoms with E-state index < -0.39 is 6.23 Å². The third kappa shape index (κ3) is 26.4. The molecule has 0 radical (unpaired) electrons. The quantitative estimate of drug-likeness (QED) is 0.419. The molecule has 124 valence electrons. The number of aliphatic hydroxyl groups is 1. The van der Waals surface area contributed by atoms with Crippen LogP contribution in [0.25, 0.3) is 0 Å². The minimum Gasteiger partial charge on any atom is -0.379 e. The summed E-state index contributed by atoms with van der Waals surface area (Å²) in [7, 11) is 4.32. The highest BCUT2D eigenvalue weighted by Crippen LogP contribution is 2.10. The van der Waals surface area contributed by atoms with Crippen LogP contribution in [-0.4, -0.2) is 36.9 Å². The van der Waals surface area contributed by atoms with Crippen LogP contribution in [-0.2, 0) is 0 Å². The van der Waals surface area contributed by atoms with Gasteiger partial charge in [0.2, 0.25) is 0 Å². The molecule has 0 spiro atoms. The third-order valence-corrected chi connectivity index (χ3v) is 3.38. The molecule has 0 saturated carbocycles. The van der Waals surface area contributed by atoms with Gasteiger partial charge in [-0.15, -0.1) is 0 Å². The van der Waals surface area contributed by atoms with Gasteiger partial charge in [-0.1, -0.05) is 71.6 Å². The van der Waals surface area contributed by atoms with E-state index in [9.17, 15) is 0 Å². The molecule has 3 heteroatoms. The van der Waals surface area contributed by atoms with Crippen LogP contribution < -0.4 is 5.73 Å². The molecule has 0 amide bonds. The lowest BCUT2D eigenvalue weighted by atomic mass is 10.1. The molecule has 0 aromatic heterocycles. The Balaban J connectivity index is 0. The Morgan fingerprint density at radius 2 is 1.15 bits per heavy atom. The third-order valence-electron chi connectivity index (χ3n) is 3.38. The first kappa shape index (κ1) is 22.2. The standard InChI is InChI=1S/C14H31N.C3H9NO/c1-4-5-6-7-8-9-10-11-12-13-14-15(2)3;1-2-3(4)5/h4-14H2,1-3H3;3,5H,2,4H2,1H3. The topological polar surface area (TPSA) is 49.5 Å². The Morgan fingerprint density at radius 3 is 1.45 bits per heavy atom. The van der Waals surface area contributed by atoms with Crippen molar-refractivity contribution in [3.8, 4) is 0 Å². The van der Waals surface area contributed by atoms with Gasteiger partial charge in [0.1, 0.15) is 6.23 Å². The van der Waals surface area contributed by atoms with Crippen molar-refractivity contribution in [2.45, 2.75) is 90.7 Å². The van der Waals surface area contributed by atoms with E-state index in [2.05, 4.69) is 25.9 Å². The maximum atomic E-state index is 8.14. The fourth-order valence-corrected chi connectivity index (χ4v) is 1.92. The van der Waals surface area contributed by atoms with Crippen molar-refractivity contribution in [2.24, 2.45) is 5.73 Å². The normalized spacial score (nSPS) is 12.2. The fourth-order valence-electron chi connectivity index (χ4n) is 1.92. The molecule has 0 aliphatic carbocycles. The Hall–Kier alpha value is -0.120. The molecule has 0 heterocycles. The first-order valence-corrected chi connectivity index (χ1v) is 8.62. The number of hydrogen-bond donors (Lipinski definition) is 2. The Bertz CT molecular complexity index is 161. The second-order valence-corrected chi connectivity index (χ2v) is 5.96. The number of hydrogen-bond acceptors (Lipinski definition) is 3. The molecular weight excluding hydrogens is 248 g/mol. The maximum Gasteiger partial charge on any atom is 0.102 e. The molecule has 0 aromatic carbocycles. The van der Waals surface area contributed by atoms with E-state index in [1.54, 1.807) is 0 Å². The van der Waals surface area contributed by atoms with E-state index in [0.29, 0.717) is 6.42 Å². The monoisotopic (exact) mass is 288 g/mol. The summed E-state index contributed by atoms with van der Waals surface area (Å²) in [5.74, 6) is 0. The molecule has 0 aliphatic rings. The van der Waals surface area contributed by atoms with Crippen molar-refractivity contribution < 1.29 is 5.11 Å². The number of nitrogens with zero attached hydrogens (tertiary/aromatic N) is 1. The first-order chi connectivity index (χ1) is 9.54. The van der Waals surface area contributed by atoms with Crippen molar-refractivity contribution in [1.29, 1.82) is 0 Å². The van der Waals surface area contributed by atoms with Gasteiger partial charge in [0.05, 0.1) is 0 Å². The number of rotatable bonds is 12. The van der Waals surface area contributed by atoms with Gasteiger partial charge in [0.15, 0.2) is 0 Å². The van der Waals surface area contributed by atoms with Gasteiger partial charge in [-0.05, 0) is 33.5 Å². The molecular formula is C17H40N2O. The van der Waals surface area contributed by atoms with Crippen LogP contribution in [0, 0.1) is 0 Å². The van der Waals surface area contributed by atoms with Crippen LogP contribution in [0.5, 0.6) is 0 Å². The summed E-state index contributed by atoms with van der Waals surface area (Å²) in [6, 6.07) is 0. The summed E-state index contributed by atoms with van der Waals surface area (Å²) in [5, 5.41) is 8.14. The Morgan fingerprint density at radius 1 is 0.800 bits per heavy atom. The predicted molar refractivity (Wildman–Crippen MR) is 90.9 cm³/mol. The van der Waals surface area contributed by atoms with Gasteiger partial charge in [-0.25, -0.2) is 0 Å². The lowest BCUT2D eigenvalue weighted by Gasteiger charge is -2.08. The zero-order valence-electron chi connectivity index (χ0n) is 14.5. The molecule has 0 rings (SSSR count). The van der Waals surface area contributed by atoms with E-state index in [4.69, 9.17) is 10.8 Å². The van der Waals surface area contributed by atoms with Crippen molar-refractivity contribution in [1.82, 2.24) is 4.90 Å². The highest BCUT2D eigenvalue weighted by atomic mass is 16.3. The lowest BCUT2D eigenvalue weighted by Crippen LogP contribution is -2.16. The van der Waals surface area contributed by atoms with Crippen molar-refractivity contribution in [2.75, 3.05) is 20.6 Å².